The van der Waals surface area contributed by atoms with Crippen LogP contribution in [-0.2, 0) is 14.8 Å². The molecule has 0 bridgehead atoms. The predicted octanol–water partition coefficient (Wildman–Crippen LogP) is 1.69. The van der Waals surface area contributed by atoms with Crippen LogP contribution in [0.5, 0.6) is 0 Å². The van der Waals surface area contributed by atoms with E-state index in [1.54, 1.807) is 24.3 Å². The molecule has 0 saturated carbocycles. The second-order valence-corrected chi connectivity index (χ2v) is 8.74. The summed E-state index contributed by atoms with van der Waals surface area (Å²) >= 11 is 0. The highest BCUT2D eigenvalue weighted by Gasteiger charge is 2.20. The molecule has 140 valence electrons. The van der Waals surface area contributed by atoms with Crippen molar-refractivity contribution < 1.29 is 13.2 Å². The lowest BCUT2D eigenvalue weighted by molar-refractivity contribution is -0.119. The first-order valence-electron chi connectivity index (χ1n) is 8.88. The summed E-state index contributed by atoms with van der Waals surface area (Å²) in [4.78, 5) is 14.6. The Morgan fingerprint density at radius 3 is 2.48 bits per heavy atom. The van der Waals surface area contributed by atoms with Crippen molar-refractivity contribution >= 4 is 21.6 Å². The third kappa shape index (κ3) is 6.66. The van der Waals surface area contributed by atoms with Gasteiger partial charge in [-0.15, -0.1) is 0 Å². The third-order valence-electron chi connectivity index (χ3n) is 4.58. The summed E-state index contributed by atoms with van der Waals surface area (Å²) < 4.78 is 25.1. The Kier molecular flexibility index (Phi) is 7.25. The third-order valence-corrected chi connectivity index (χ3v) is 5.72. The molecule has 1 amide bonds. The number of rotatable bonds is 8. The highest BCUT2D eigenvalue weighted by Crippen LogP contribution is 2.17. The van der Waals surface area contributed by atoms with Gasteiger partial charge in [-0.1, -0.05) is 25.1 Å². The number of hydrogen-bond donors (Lipinski definition) is 1. The number of piperidine rings is 1. The number of carbonyl (C=O) groups is 1. The largest absolute Gasteiger partial charge is 0.354 e. The molecule has 25 heavy (non-hydrogen) atoms. The van der Waals surface area contributed by atoms with Crippen LogP contribution >= 0.6 is 0 Å². The fourth-order valence-electron chi connectivity index (χ4n) is 3.00. The number of hydrogen-bond acceptors (Lipinski definition) is 4. The molecule has 0 atom stereocenters. The van der Waals surface area contributed by atoms with Crippen LogP contribution in [0.3, 0.4) is 0 Å². The van der Waals surface area contributed by atoms with Gasteiger partial charge in [0.15, 0.2) is 0 Å². The zero-order valence-electron chi connectivity index (χ0n) is 15.1. The van der Waals surface area contributed by atoms with Crippen LogP contribution in [0.1, 0.15) is 26.2 Å². The zero-order chi connectivity index (χ0) is 18.3. The van der Waals surface area contributed by atoms with E-state index in [0.29, 0.717) is 12.2 Å². The minimum absolute atomic E-state index is 0.190. The van der Waals surface area contributed by atoms with Crippen LogP contribution in [0.25, 0.3) is 0 Å². The second kappa shape index (κ2) is 9.20. The van der Waals surface area contributed by atoms with Gasteiger partial charge >= 0.3 is 0 Å². The number of nitrogens with one attached hydrogen (secondary N) is 1. The van der Waals surface area contributed by atoms with Crippen molar-refractivity contribution in [1.82, 2.24) is 10.2 Å². The minimum atomic E-state index is -3.50. The molecule has 0 radical (unpaired) electrons. The number of sulfonamides is 1. The van der Waals surface area contributed by atoms with Crippen molar-refractivity contribution in [2.24, 2.45) is 5.92 Å². The maximum Gasteiger partial charge on any atom is 0.240 e. The Hall–Kier alpha value is -1.60. The minimum Gasteiger partial charge on any atom is -0.354 e. The van der Waals surface area contributed by atoms with E-state index in [9.17, 15) is 13.2 Å². The van der Waals surface area contributed by atoms with Gasteiger partial charge in [0, 0.05) is 6.54 Å². The van der Waals surface area contributed by atoms with Gasteiger partial charge in [0.05, 0.1) is 11.9 Å². The molecule has 0 unspecified atom stereocenters. The first-order chi connectivity index (χ1) is 11.9. The van der Waals surface area contributed by atoms with E-state index in [1.807, 2.05) is 6.07 Å². The number of amides is 1. The molecular weight excluding hydrogens is 338 g/mol. The Morgan fingerprint density at radius 2 is 1.88 bits per heavy atom. The van der Waals surface area contributed by atoms with Gasteiger partial charge in [0.1, 0.15) is 6.54 Å². The van der Waals surface area contributed by atoms with Crippen molar-refractivity contribution in [3.05, 3.63) is 30.3 Å². The Labute approximate surface area is 151 Å². The lowest BCUT2D eigenvalue weighted by Crippen LogP contribution is -2.41. The molecule has 1 aromatic rings. The van der Waals surface area contributed by atoms with E-state index in [1.165, 1.54) is 12.8 Å². The molecule has 1 N–H and O–H groups in total. The molecular formula is C18H29N3O3S. The van der Waals surface area contributed by atoms with Crippen LogP contribution in [-0.4, -0.2) is 58.2 Å². The summed E-state index contributed by atoms with van der Waals surface area (Å²) in [6.07, 6.45) is 4.48. The first-order valence-corrected chi connectivity index (χ1v) is 10.7. The fourth-order valence-corrected chi connectivity index (χ4v) is 3.85. The van der Waals surface area contributed by atoms with Crippen molar-refractivity contribution in [3.8, 4) is 0 Å². The van der Waals surface area contributed by atoms with Crippen molar-refractivity contribution in [2.75, 3.05) is 43.3 Å². The number of nitrogens with zero attached hydrogens (tertiary/aromatic N) is 2. The Morgan fingerprint density at radius 1 is 1.24 bits per heavy atom. The lowest BCUT2D eigenvalue weighted by Gasteiger charge is -2.30. The highest BCUT2D eigenvalue weighted by molar-refractivity contribution is 7.92. The average Bonchev–Trinajstić information content (AvgIpc) is 2.58. The maximum atomic E-state index is 12.1. The zero-order valence-corrected chi connectivity index (χ0v) is 16.0. The molecule has 1 fully saturated rings. The lowest BCUT2D eigenvalue weighted by atomic mass is 9.99. The topological polar surface area (TPSA) is 69.7 Å². The van der Waals surface area contributed by atoms with Crippen LogP contribution in [0.2, 0.25) is 0 Å². The molecule has 0 aliphatic carbocycles. The van der Waals surface area contributed by atoms with Crippen molar-refractivity contribution in [1.29, 1.82) is 0 Å². The summed E-state index contributed by atoms with van der Waals surface area (Å²) in [5, 5.41) is 2.83. The normalized spacial score (nSPS) is 16.6. The molecule has 1 heterocycles. The number of likely N-dealkylation sites (tertiary alicyclic amines) is 1. The Bertz CT molecular complexity index is 641. The number of benzene rings is 1. The molecule has 1 saturated heterocycles. The number of carbonyl (C=O) groups excluding carboxylic acids is 1. The highest BCUT2D eigenvalue weighted by atomic mass is 32.2. The van der Waals surface area contributed by atoms with Gasteiger partial charge in [-0.25, -0.2) is 8.42 Å². The summed E-state index contributed by atoms with van der Waals surface area (Å²) in [6.45, 7) is 5.90. The van der Waals surface area contributed by atoms with Gasteiger partial charge in [0.2, 0.25) is 15.9 Å². The quantitative estimate of drug-likeness (QED) is 0.710. The van der Waals surface area contributed by atoms with Gasteiger partial charge in [-0.2, -0.15) is 0 Å². The summed E-state index contributed by atoms with van der Waals surface area (Å²) in [5.74, 6) is 0.539. The standard InChI is InChI=1S/C18H29N3O3S/c1-16-9-13-20(14-10-16)12-6-11-19-18(22)15-21(25(2,23)24)17-7-4-3-5-8-17/h3-5,7-8,16H,6,9-15H2,1-2H3,(H,19,22). The van der Waals surface area contributed by atoms with Gasteiger partial charge < -0.3 is 10.2 Å². The number of anilines is 1. The van der Waals surface area contributed by atoms with E-state index >= 15 is 0 Å². The van der Waals surface area contributed by atoms with E-state index in [0.717, 1.165) is 42.5 Å². The van der Waals surface area contributed by atoms with Crippen LogP contribution < -0.4 is 9.62 Å². The summed E-state index contributed by atoms with van der Waals surface area (Å²) in [5.41, 5.74) is 0.502. The Balaban J connectivity index is 1.76. The van der Waals surface area contributed by atoms with Gasteiger partial charge in [0.25, 0.3) is 0 Å². The van der Waals surface area contributed by atoms with Gasteiger partial charge in [-0.05, 0) is 56.9 Å². The number of para-hydroxylation sites is 1. The van der Waals surface area contributed by atoms with E-state index in [-0.39, 0.29) is 12.5 Å². The van der Waals surface area contributed by atoms with E-state index in [2.05, 4.69) is 17.1 Å². The van der Waals surface area contributed by atoms with Gasteiger partial charge in [-0.3, -0.25) is 9.10 Å². The predicted molar refractivity (Wildman–Crippen MR) is 101 cm³/mol. The maximum absolute atomic E-state index is 12.1. The molecule has 0 aromatic heterocycles. The molecule has 7 heteroatoms. The van der Waals surface area contributed by atoms with Crippen LogP contribution in [0.4, 0.5) is 5.69 Å². The van der Waals surface area contributed by atoms with Crippen molar-refractivity contribution in [2.45, 2.75) is 26.2 Å². The van der Waals surface area contributed by atoms with E-state index in [4.69, 9.17) is 0 Å². The summed E-state index contributed by atoms with van der Waals surface area (Å²) in [6, 6.07) is 8.69. The fraction of sp³-hybridized carbons (Fsp3) is 0.611. The summed E-state index contributed by atoms with van der Waals surface area (Å²) in [7, 11) is -3.50. The molecule has 2 rings (SSSR count). The smallest absolute Gasteiger partial charge is 0.240 e. The molecule has 1 aliphatic heterocycles. The monoisotopic (exact) mass is 367 g/mol. The SMILES string of the molecule is CC1CCN(CCCNC(=O)CN(c2ccccc2)S(C)(=O)=O)CC1. The first kappa shape index (κ1) is 19.7. The van der Waals surface area contributed by atoms with E-state index < -0.39 is 10.0 Å². The van der Waals surface area contributed by atoms with Crippen molar-refractivity contribution in [3.63, 3.8) is 0 Å². The second-order valence-electron chi connectivity index (χ2n) is 6.83. The molecule has 0 spiro atoms. The van der Waals surface area contributed by atoms with Crippen LogP contribution in [0.15, 0.2) is 30.3 Å². The molecule has 1 aliphatic rings. The van der Waals surface area contributed by atoms with Crippen LogP contribution in [0, 0.1) is 5.92 Å². The average molecular weight is 368 g/mol. The molecule has 6 nitrogen and oxygen atoms in total. The molecule has 1 aromatic carbocycles.